The fourth-order valence-electron chi connectivity index (χ4n) is 1.27. The van der Waals surface area contributed by atoms with Crippen LogP contribution >= 0.6 is 11.6 Å². The third-order valence-electron chi connectivity index (χ3n) is 1.86. The Balaban J connectivity index is 3.22. The van der Waals surface area contributed by atoms with E-state index in [-0.39, 0.29) is 16.8 Å². The largest absolute Gasteiger partial charge is 0.490 e. The molecule has 1 aromatic rings. The molecule has 0 spiro atoms. The number of ether oxygens (including phenoxy) is 2. The van der Waals surface area contributed by atoms with Crippen molar-refractivity contribution in [3.63, 3.8) is 0 Å². The molecule has 0 radical (unpaired) electrons. The smallest absolute Gasteiger partial charge is 0.274 e. The van der Waals surface area contributed by atoms with Gasteiger partial charge in [0.25, 0.3) is 5.69 Å². The van der Waals surface area contributed by atoms with Crippen molar-refractivity contribution in [1.82, 2.24) is 0 Å². The molecule has 0 aromatic heterocycles. The summed E-state index contributed by atoms with van der Waals surface area (Å²) in [6, 6.07) is 2.56. The number of halogens is 1. The number of nitrogens with zero attached hydrogens (tertiary/aromatic N) is 1. The summed E-state index contributed by atoms with van der Waals surface area (Å²) < 4.78 is 10.8. The van der Waals surface area contributed by atoms with Crippen LogP contribution in [0.2, 0.25) is 5.02 Å². The topological polar surface area (TPSA) is 61.6 Å². The number of hydrogen-bond donors (Lipinski definition) is 0. The van der Waals surface area contributed by atoms with Gasteiger partial charge in [0.15, 0.2) is 11.5 Å². The maximum atomic E-state index is 10.7. The molecule has 0 amide bonds. The summed E-state index contributed by atoms with van der Waals surface area (Å²) in [6.45, 7) is 5.85. The zero-order valence-corrected chi connectivity index (χ0v) is 10.7. The third kappa shape index (κ3) is 3.49. The molecule has 0 atom stereocenters. The van der Waals surface area contributed by atoms with Gasteiger partial charge in [-0.15, -0.1) is 0 Å². The second kappa shape index (κ2) is 5.72. The lowest BCUT2D eigenvalue weighted by Crippen LogP contribution is -2.08. The Morgan fingerprint density at radius 1 is 1.47 bits per heavy atom. The van der Waals surface area contributed by atoms with Crippen LogP contribution in [0.5, 0.6) is 11.5 Å². The molecule has 5 nitrogen and oxygen atoms in total. The molecule has 0 aliphatic heterocycles. The van der Waals surface area contributed by atoms with Gasteiger partial charge in [0.1, 0.15) is 0 Å². The Morgan fingerprint density at radius 2 is 2.12 bits per heavy atom. The summed E-state index contributed by atoms with van der Waals surface area (Å²) in [5, 5.41) is 10.9. The van der Waals surface area contributed by atoms with Crippen LogP contribution in [0.4, 0.5) is 5.69 Å². The summed E-state index contributed by atoms with van der Waals surface area (Å²) in [7, 11) is 0. The number of nitro benzene ring substituents is 1. The molecule has 0 bridgehead atoms. The van der Waals surface area contributed by atoms with Crippen LogP contribution in [-0.4, -0.2) is 17.6 Å². The summed E-state index contributed by atoms with van der Waals surface area (Å²) in [4.78, 5) is 10.2. The van der Waals surface area contributed by atoms with E-state index < -0.39 is 4.92 Å². The van der Waals surface area contributed by atoms with Gasteiger partial charge in [-0.25, -0.2) is 0 Å². The molecule has 0 saturated heterocycles. The van der Waals surface area contributed by atoms with Gasteiger partial charge in [0, 0.05) is 6.07 Å². The number of hydrogen-bond acceptors (Lipinski definition) is 4. The number of rotatable bonds is 5. The second-order valence-corrected chi connectivity index (χ2v) is 4.02. The predicted octanol–water partition coefficient (Wildman–Crippen LogP) is 3.43. The second-order valence-electron chi connectivity index (χ2n) is 3.61. The molecule has 1 rings (SSSR count). The van der Waals surface area contributed by atoms with Crippen LogP contribution in [-0.2, 0) is 0 Å². The Bertz CT molecular complexity index is 420. The SMILES string of the molecule is CCOc1cc([N+](=O)[O-])cc(Cl)c1OC(C)C. The Kier molecular flexibility index (Phi) is 4.57. The fourth-order valence-corrected chi connectivity index (χ4v) is 1.52. The van der Waals surface area contributed by atoms with Crippen molar-refractivity contribution >= 4 is 17.3 Å². The number of nitro groups is 1. The van der Waals surface area contributed by atoms with Crippen molar-refractivity contribution in [1.29, 1.82) is 0 Å². The molecular formula is C11H14ClNO4. The Hall–Kier alpha value is -1.49. The van der Waals surface area contributed by atoms with E-state index in [0.717, 1.165) is 0 Å². The lowest BCUT2D eigenvalue weighted by atomic mass is 10.2. The number of benzene rings is 1. The molecule has 0 unspecified atom stereocenters. The van der Waals surface area contributed by atoms with E-state index in [1.165, 1.54) is 12.1 Å². The number of non-ortho nitro benzene ring substituents is 1. The first-order chi connectivity index (χ1) is 7.95. The molecule has 0 heterocycles. The van der Waals surface area contributed by atoms with Crippen LogP contribution < -0.4 is 9.47 Å². The molecular weight excluding hydrogens is 246 g/mol. The third-order valence-corrected chi connectivity index (χ3v) is 2.14. The van der Waals surface area contributed by atoms with E-state index in [2.05, 4.69) is 0 Å². The lowest BCUT2D eigenvalue weighted by molar-refractivity contribution is -0.384. The van der Waals surface area contributed by atoms with Gasteiger partial charge < -0.3 is 9.47 Å². The first kappa shape index (κ1) is 13.6. The highest BCUT2D eigenvalue weighted by atomic mass is 35.5. The highest BCUT2D eigenvalue weighted by Crippen LogP contribution is 2.39. The monoisotopic (exact) mass is 259 g/mol. The van der Waals surface area contributed by atoms with Crippen molar-refractivity contribution in [3.8, 4) is 11.5 Å². The summed E-state index contributed by atoms with van der Waals surface area (Å²) in [5.74, 6) is 0.634. The zero-order valence-electron chi connectivity index (χ0n) is 9.90. The maximum Gasteiger partial charge on any atom is 0.274 e. The van der Waals surface area contributed by atoms with Gasteiger partial charge in [-0.05, 0) is 20.8 Å². The van der Waals surface area contributed by atoms with Gasteiger partial charge >= 0.3 is 0 Å². The minimum absolute atomic E-state index is 0.0897. The molecule has 0 aliphatic rings. The first-order valence-electron chi connectivity index (χ1n) is 5.23. The normalized spacial score (nSPS) is 10.4. The first-order valence-corrected chi connectivity index (χ1v) is 5.60. The van der Waals surface area contributed by atoms with Crippen LogP contribution in [0.25, 0.3) is 0 Å². The van der Waals surface area contributed by atoms with E-state index in [0.29, 0.717) is 18.1 Å². The average Bonchev–Trinajstić information content (AvgIpc) is 2.22. The zero-order chi connectivity index (χ0) is 13.0. The summed E-state index contributed by atoms with van der Waals surface area (Å²) >= 11 is 5.95. The van der Waals surface area contributed by atoms with E-state index in [1.54, 1.807) is 6.92 Å². The van der Waals surface area contributed by atoms with Crippen LogP contribution in [0.3, 0.4) is 0 Å². The molecule has 0 saturated carbocycles. The van der Waals surface area contributed by atoms with E-state index in [9.17, 15) is 10.1 Å². The van der Waals surface area contributed by atoms with Crippen LogP contribution in [0.1, 0.15) is 20.8 Å². The lowest BCUT2D eigenvalue weighted by Gasteiger charge is -2.15. The molecule has 17 heavy (non-hydrogen) atoms. The average molecular weight is 260 g/mol. The molecule has 6 heteroatoms. The quantitative estimate of drug-likeness (QED) is 0.600. The van der Waals surface area contributed by atoms with Crippen LogP contribution in [0, 0.1) is 10.1 Å². The van der Waals surface area contributed by atoms with Gasteiger partial charge in [0.05, 0.1) is 28.7 Å². The molecule has 94 valence electrons. The van der Waals surface area contributed by atoms with Crippen molar-refractivity contribution < 1.29 is 14.4 Å². The molecule has 1 aromatic carbocycles. The van der Waals surface area contributed by atoms with E-state index >= 15 is 0 Å². The fraction of sp³-hybridized carbons (Fsp3) is 0.455. The van der Waals surface area contributed by atoms with Gasteiger partial charge in [-0.1, -0.05) is 11.6 Å². The Morgan fingerprint density at radius 3 is 2.59 bits per heavy atom. The predicted molar refractivity (Wildman–Crippen MR) is 65.0 cm³/mol. The summed E-state index contributed by atoms with van der Waals surface area (Å²) in [5.41, 5.74) is -0.116. The van der Waals surface area contributed by atoms with Gasteiger partial charge in [-0.3, -0.25) is 10.1 Å². The van der Waals surface area contributed by atoms with E-state index in [1.807, 2.05) is 13.8 Å². The minimum atomic E-state index is -0.520. The minimum Gasteiger partial charge on any atom is -0.490 e. The standard InChI is InChI=1S/C11H14ClNO4/c1-4-16-10-6-8(13(14)15)5-9(12)11(10)17-7(2)3/h5-7H,4H2,1-3H3. The van der Waals surface area contributed by atoms with Crippen LogP contribution in [0.15, 0.2) is 12.1 Å². The van der Waals surface area contributed by atoms with Crippen molar-refractivity contribution in [2.45, 2.75) is 26.9 Å². The Labute approximate surface area is 104 Å². The van der Waals surface area contributed by atoms with Crippen molar-refractivity contribution in [3.05, 3.63) is 27.3 Å². The van der Waals surface area contributed by atoms with E-state index in [4.69, 9.17) is 21.1 Å². The molecule has 0 aliphatic carbocycles. The summed E-state index contributed by atoms with van der Waals surface area (Å²) in [6.07, 6.45) is -0.0897. The maximum absolute atomic E-state index is 10.7. The molecule has 0 fully saturated rings. The van der Waals surface area contributed by atoms with Gasteiger partial charge in [0.2, 0.25) is 0 Å². The van der Waals surface area contributed by atoms with Crippen molar-refractivity contribution in [2.75, 3.05) is 6.61 Å². The molecule has 0 N–H and O–H groups in total. The highest BCUT2D eigenvalue weighted by molar-refractivity contribution is 6.32. The van der Waals surface area contributed by atoms with Crippen molar-refractivity contribution in [2.24, 2.45) is 0 Å². The van der Waals surface area contributed by atoms with Gasteiger partial charge in [-0.2, -0.15) is 0 Å². The highest BCUT2D eigenvalue weighted by Gasteiger charge is 2.18.